The summed E-state index contributed by atoms with van der Waals surface area (Å²) in [6, 6.07) is 30.1. The van der Waals surface area contributed by atoms with Gasteiger partial charge in [0, 0.05) is 6.92 Å². The maximum Gasteiger partial charge on any atom is 0.308 e. The summed E-state index contributed by atoms with van der Waals surface area (Å²) < 4.78 is 11.0. The molecule has 0 aromatic heterocycles. The predicted octanol–water partition coefficient (Wildman–Crippen LogP) is 6.51. The fourth-order valence-electron chi connectivity index (χ4n) is 3.18. The topological polar surface area (TPSA) is 35.5 Å². The van der Waals surface area contributed by atoms with Crippen LogP contribution in [0.5, 0.6) is 11.5 Å². The van der Waals surface area contributed by atoms with Gasteiger partial charge in [0.15, 0.2) is 0 Å². The molecule has 4 aromatic rings. The molecule has 3 nitrogen and oxygen atoms in total. The third-order valence-corrected chi connectivity index (χ3v) is 4.69. The highest BCUT2D eigenvalue weighted by Crippen LogP contribution is 2.24. The largest absolute Gasteiger partial charge is 0.489 e. The van der Waals surface area contributed by atoms with Crippen LogP contribution in [0, 0.1) is 0 Å². The molecular formula is C27H22O3. The van der Waals surface area contributed by atoms with Crippen molar-refractivity contribution in [3.63, 3.8) is 0 Å². The number of carbonyl (C=O) groups excluding carboxylic acids is 1. The summed E-state index contributed by atoms with van der Waals surface area (Å²) in [6.45, 7) is 1.95. The predicted molar refractivity (Wildman–Crippen MR) is 121 cm³/mol. The number of rotatable bonds is 6. The van der Waals surface area contributed by atoms with E-state index in [9.17, 15) is 4.79 Å². The average molecular weight is 394 g/mol. The molecule has 0 unspecified atom stereocenters. The molecule has 0 bridgehead atoms. The number of esters is 1. The van der Waals surface area contributed by atoms with Gasteiger partial charge in [-0.2, -0.15) is 0 Å². The second-order valence-electron chi connectivity index (χ2n) is 7.04. The van der Waals surface area contributed by atoms with Crippen LogP contribution in [0.25, 0.3) is 22.9 Å². The van der Waals surface area contributed by atoms with E-state index in [0.717, 1.165) is 33.2 Å². The molecule has 4 rings (SSSR count). The Balaban J connectivity index is 1.44. The highest BCUT2D eigenvalue weighted by atomic mass is 16.5. The van der Waals surface area contributed by atoms with E-state index in [1.807, 2.05) is 42.5 Å². The Morgan fingerprint density at radius 2 is 1.37 bits per heavy atom. The molecule has 0 aliphatic heterocycles. The van der Waals surface area contributed by atoms with E-state index in [4.69, 9.17) is 9.47 Å². The molecule has 0 spiro atoms. The molecular weight excluding hydrogens is 372 g/mol. The van der Waals surface area contributed by atoms with Crippen molar-refractivity contribution < 1.29 is 14.3 Å². The molecule has 3 heteroatoms. The molecule has 0 amide bonds. The van der Waals surface area contributed by atoms with E-state index in [2.05, 4.69) is 48.5 Å². The number of fused-ring (bicyclic) bond motifs is 1. The van der Waals surface area contributed by atoms with Crippen molar-refractivity contribution in [1.82, 2.24) is 0 Å². The van der Waals surface area contributed by atoms with E-state index < -0.39 is 0 Å². The number of hydrogen-bond donors (Lipinski definition) is 0. The first kappa shape index (κ1) is 19.5. The Hall–Kier alpha value is -3.85. The fourth-order valence-corrected chi connectivity index (χ4v) is 3.18. The zero-order chi connectivity index (χ0) is 20.8. The highest BCUT2D eigenvalue weighted by Gasteiger charge is 2.00. The van der Waals surface area contributed by atoms with Crippen LogP contribution in [0.4, 0.5) is 0 Å². The Morgan fingerprint density at radius 1 is 0.733 bits per heavy atom. The Morgan fingerprint density at radius 3 is 2.13 bits per heavy atom. The highest BCUT2D eigenvalue weighted by molar-refractivity contribution is 5.87. The number of hydrogen-bond acceptors (Lipinski definition) is 3. The normalized spacial score (nSPS) is 11.0. The molecule has 0 aliphatic rings. The standard InChI is InChI=1S/C27H22O3/c1-20(28)30-26-14-10-21(11-15-26)7-8-22-9-12-25-18-27(16-13-24(25)17-22)29-19-23-5-3-2-4-6-23/h2-18H,19H2,1H3/b8-7+. The van der Waals surface area contributed by atoms with Crippen molar-refractivity contribution in [2.75, 3.05) is 0 Å². The maximum atomic E-state index is 11.0. The number of benzene rings is 4. The van der Waals surface area contributed by atoms with Gasteiger partial charge in [0.2, 0.25) is 0 Å². The maximum absolute atomic E-state index is 11.0. The summed E-state index contributed by atoms with van der Waals surface area (Å²) in [6.07, 6.45) is 4.11. The van der Waals surface area contributed by atoms with Gasteiger partial charge in [0.1, 0.15) is 18.1 Å². The minimum absolute atomic E-state index is 0.317. The molecule has 0 saturated heterocycles. The van der Waals surface area contributed by atoms with Gasteiger partial charge in [-0.25, -0.2) is 0 Å². The Kier molecular flexibility index (Phi) is 5.90. The first-order valence-electron chi connectivity index (χ1n) is 9.83. The Labute approximate surface area is 176 Å². The summed E-state index contributed by atoms with van der Waals surface area (Å²) in [7, 11) is 0. The van der Waals surface area contributed by atoms with Gasteiger partial charge in [-0.15, -0.1) is 0 Å². The van der Waals surface area contributed by atoms with Gasteiger partial charge in [0.25, 0.3) is 0 Å². The second-order valence-corrected chi connectivity index (χ2v) is 7.04. The van der Waals surface area contributed by atoms with Crippen LogP contribution < -0.4 is 9.47 Å². The van der Waals surface area contributed by atoms with Crippen LogP contribution in [-0.2, 0) is 11.4 Å². The molecule has 0 atom stereocenters. The number of ether oxygens (including phenoxy) is 2. The van der Waals surface area contributed by atoms with Crippen molar-refractivity contribution in [1.29, 1.82) is 0 Å². The van der Waals surface area contributed by atoms with Crippen LogP contribution in [0.2, 0.25) is 0 Å². The third kappa shape index (κ3) is 5.15. The molecule has 0 N–H and O–H groups in total. The lowest BCUT2D eigenvalue weighted by Gasteiger charge is -2.08. The first-order chi connectivity index (χ1) is 14.7. The van der Waals surface area contributed by atoms with Gasteiger partial charge in [-0.3, -0.25) is 4.79 Å². The van der Waals surface area contributed by atoms with Crippen LogP contribution >= 0.6 is 0 Å². The van der Waals surface area contributed by atoms with Crippen molar-refractivity contribution in [3.05, 3.63) is 108 Å². The molecule has 0 fully saturated rings. The molecule has 0 radical (unpaired) electrons. The zero-order valence-electron chi connectivity index (χ0n) is 16.7. The van der Waals surface area contributed by atoms with Gasteiger partial charge in [-0.1, -0.05) is 72.8 Å². The molecule has 0 saturated carbocycles. The summed E-state index contributed by atoms with van der Waals surface area (Å²) in [4.78, 5) is 11.0. The van der Waals surface area contributed by atoms with E-state index in [1.54, 1.807) is 12.1 Å². The molecule has 0 aliphatic carbocycles. The van der Waals surface area contributed by atoms with Gasteiger partial charge < -0.3 is 9.47 Å². The van der Waals surface area contributed by atoms with Crippen LogP contribution in [-0.4, -0.2) is 5.97 Å². The zero-order valence-corrected chi connectivity index (χ0v) is 16.7. The van der Waals surface area contributed by atoms with E-state index >= 15 is 0 Å². The minimum Gasteiger partial charge on any atom is -0.489 e. The molecule has 4 aromatic carbocycles. The summed E-state index contributed by atoms with van der Waals surface area (Å²) in [5.74, 6) is 1.10. The van der Waals surface area contributed by atoms with Crippen LogP contribution in [0.1, 0.15) is 23.6 Å². The lowest BCUT2D eigenvalue weighted by molar-refractivity contribution is -0.131. The lowest BCUT2D eigenvalue weighted by atomic mass is 10.1. The first-order valence-corrected chi connectivity index (χ1v) is 9.83. The van der Waals surface area contributed by atoms with E-state index in [0.29, 0.717) is 12.4 Å². The number of carbonyl (C=O) groups is 1. The molecule has 148 valence electrons. The minimum atomic E-state index is -0.317. The quantitative estimate of drug-likeness (QED) is 0.212. The average Bonchev–Trinajstić information content (AvgIpc) is 2.77. The second kappa shape index (κ2) is 9.10. The molecule has 0 heterocycles. The molecule has 30 heavy (non-hydrogen) atoms. The van der Waals surface area contributed by atoms with E-state index in [1.165, 1.54) is 6.92 Å². The van der Waals surface area contributed by atoms with Crippen molar-refractivity contribution in [2.24, 2.45) is 0 Å². The SMILES string of the molecule is CC(=O)Oc1ccc(/C=C/c2ccc3cc(OCc4ccccc4)ccc3c2)cc1. The fraction of sp³-hybridized carbons (Fsp3) is 0.0741. The third-order valence-electron chi connectivity index (χ3n) is 4.69. The van der Waals surface area contributed by atoms with Crippen molar-refractivity contribution in [2.45, 2.75) is 13.5 Å². The summed E-state index contributed by atoms with van der Waals surface area (Å²) in [5, 5.41) is 2.30. The van der Waals surface area contributed by atoms with Gasteiger partial charge in [-0.05, 0) is 57.8 Å². The van der Waals surface area contributed by atoms with Gasteiger partial charge in [0.05, 0.1) is 0 Å². The van der Waals surface area contributed by atoms with Crippen LogP contribution in [0.15, 0.2) is 91.0 Å². The Bertz CT molecular complexity index is 1180. The van der Waals surface area contributed by atoms with E-state index in [-0.39, 0.29) is 5.97 Å². The van der Waals surface area contributed by atoms with Crippen molar-refractivity contribution in [3.8, 4) is 11.5 Å². The van der Waals surface area contributed by atoms with Gasteiger partial charge >= 0.3 is 5.97 Å². The van der Waals surface area contributed by atoms with Crippen LogP contribution in [0.3, 0.4) is 0 Å². The smallest absolute Gasteiger partial charge is 0.308 e. The summed E-state index contributed by atoms with van der Waals surface area (Å²) in [5.41, 5.74) is 3.30. The lowest BCUT2D eigenvalue weighted by Crippen LogP contribution is -2.00. The summed E-state index contributed by atoms with van der Waals surface area (Å²) >= 11 is 0. The van der Waals surface area contributed by atoms with Crippen molar-refractivity contribution >= 4 is 28.9 Å². The monoisotopic (exact) mass is 394 g/mol.